The zero-order valence-corrected chi connectivity index (χ0v) is 12.5. The molecular weight excluding hydrogens is 285 g/mol. The maximum absolute atomic E-state index is 12.0. The van der Waals surface area contributed by atoms with Gasteiger partial charge in [0.1, 0.15) is 5.78 Å². The smallest absolute Gasteiger partial charge is 0.498 e. The molecule has 0 atom stereocenters. The first kappa shape index (κ1) is 16.2. The van der Waals surface area contributed by atoms with Crippen LogP contribution in [0.25, 0.3) is 0 Å². The maximum atomic E-state index is 12.0. The third-order valence-electron chi connectivity index (χ3n) is 3.25. The van der Waals surface area contributed by atoms with Crippen molar-refractivity contribution in [1.82, 2.24) is 4.90 Å². The van der Waals surface area contributed by atoms with Gasteiger partial charge in [0.15, 0.2) is 0 Å². The molecule has 1 aliphatic heterocycles. The summed E-state index contributed by atoms with van der Waals surface area (Å²) >= 11 is 0. The van der Waals surface area contributed by atoms with Crippen LogP contribution >= 0.6 is 0 Å². The normalized spacial score (nSPS) is 16.5. The van der Waals surface area contributed by atoms with E-state index < -0.39 is 19.1 Å². The quantitative estimate of drug-likeness (QED) is 0.746. The van der Waals surface area contributed by atoms with Crippen molar-refractivity contribution < 1.29 is 23.7 Å². The largest absolute Gasteiger partial charge is 0.606 e. The van der Waals surface area contributed by atoms with Crippen molar-refractivity contribution in [2.75, 3.05) is 20.1 Å². The number of Topliss-reactive ketones (excluding diaryl/α,β-unsaturated/α-hetero) is 1. The first-order chi connectivity index (χ1) is 10.5. The van der Waals surface area contributed by atoms with Crippen LogP contribution in [0.5, 0.6) is 0 Å². The first-order valence-electron chi connectivity index (χ1n) is 7.16. The van der Waals surface area contributed by atoms with E-state index in [0.29, 0.717) is 12.8 Å². The summed E-state index contributed by atoms with van der Waals surface area (Å²) in [6, 6.07) is 9.62. The Morgan fingerprint density at radius 3 is 2.32 bits per heavy atom. The molecule has 1 saturated heterocycles. The van der Waals surface area contributed by atoms with Gasteiger partial charge in [0.05, 0.1) is 19.4 Å². The molecule has 22 heavy (non-hydrogen) atoms. The molecule has 1 heterocycles. The number of nitrogens with zero attached hydrogens (tertiary/aromatic N) is 1. The van der Waals surface area contributed by atoms with Crippen molar-refractivity contribution in [1.29, 1.82) is 0 Å². The van der Waals surface area contributed by atoms with Gasteiger partial charge in [-0.3, -0.25) is 14.5 Å². The van der Waals surface area contributed by atoms with Crippen LogP contribution in [0.1, 0.15) is 12.0 Å². The molecule has 7 heteroatoms. The second-order valence-electron chi connectivity index (χ2n) is 5.31. The second-order valence-corrected chi connectivity index (χ2v) is 5.31. The zero-order valence-electron chi connectivity index (χ0n) is 12.5. The number of aryl methyl sites for hydroxylation is 1. The molecule has 0 aliphatic carbocycles. The van der Waals surface area contributed by atoms with E-state index in [0.717, 1.165) is 5.56 Å². The van der Waals surface area contributed by atoms with Crippen molar-refractivity contribution in [3.63, 3.8) is 0 Å². The molecule has 1 aromatic rings. The van der Waals surface area contributed by atoms with E-state index in [1.807, 2.05) is 30.3 Å². The molecule has 0 aromatic heterocycles. The molecule has 0 spiro atoms. The summed E-state index contributed by atoms with van der Waals surface area (Å²) in [5.74, 6) is -1.12. The van der Waals surface area contributed by atoms with Crippen LogP contribution < -0.4 is 0 Å². The lowest BCUT2D eigenvalue weighted by atomic mass is 9.80. The van der Waals surface area contributed by atoms with Gasteiger partial charge in [-0.2, -0.15) is 0 Å². The molecule has 0 saturated carbocycles. The average Bonchev–Trinajstić information content (AvgIpc) is 2.44. The summed E-state index contributed by atoms with van der Waals surface area (Å²) in [5.41, 5.74) is 1.06. The highest BCUT2D eigenvalue weighted by atomic mass is 16.6. The molecular formula is C15H18BNO5. The Kier molecular flexibility index (Phi) is 5.71. The standard InChI is InChI=1S/C15H18BNO5/c1-17-10-14(19)21-16(22-15(20)11-17)9-13(18)8-7-12-5-3-2-4-6-12/h2-6H,7-11H2,1H3. The second kappa shape index (κ2) is 7.75. The molecule has 0 radical (unpaired) electrons. The Hall–Kier alpha value is -2.15. The van der Waals surface area contributed by atoms with Gasteiger partial charge >= 0.3 is 19.1 Å². The number of hydrogen-bond donors (Lipinski definition) is 0. The Morgan fingerprint density at radius 1 is 1.14 bits per heavy atom. The fourth-order valence-electron chi connectivity index (χ4n) is 2.19. The third-order valence-corrected chi connectivity index (χ3v) is 3.25. The Labute approximate surface area is 129 Å². The lowest BCUT2D eigenvalue weighted by Gasteiger charge is -2.22. The highest BCUT2D eigenvalue weighted by molar-refractivity contribution is 6.53. The predicted molar refractivity (Wildman–Crippen MR) is 80.0 cm³/mol. The monoisotopic (exact) mass is 303 g/mol. The topological polar surface area (TPSA) is 72.9 Å². The number of carbonyl (C=O) groups excluding carboxylic acids is 3. The summed E-state index contributed by atoms with van der Waals surface area (Å²) in [7, 11) is 0.505. The number of hydrogen-bond acceptors (Lipinski definition) is 6. The van der Waals surface area contributed by atoms with Crippen molar-refractivity contribution in [3.8, 4) is 0 Å². The molecule has 2 rings (SSSR count). The lowest BCUT2D eigenvalue weighted by Crippen LogP contribution is -2.43. The Bertz CT molecular complexity index is 528. The van der Waals surface area contributed by atoms with Crippen LogP contribution in [-0.4, -0.2) is 49.9 Å². The third kappa shape index (κ3) is 5.33. The van der Waals surface area contributed by atoms with Gasteiger partial charge in [-0.15, -0.1) is 0 Å². The molecule has 0 bridgehead atoms. The molecule has 1 aliphatic rings. The number of rotatable bonds is 5. The van der Waals surface area contributed by atoms with Gasteiger partial charge in [-0.1, -0.05) is 30.3 Å². The van der Waals surface area contributed by atoms with Gasteiger partial charge in [-0.25, -0.2) is 0 Å². The number of benzene rings is 1. The van der Waals surface area contributed by atoms with Gasteiger partial charge in [0, 0.05) is 6.42 Å². The fourth-order valence-corrected chi connectivity index (χ4v) is 2.19. The minimum absolute atomic E-state index is 0.00378. The van der Waals surface area contributed by atoms with E-state index in [4.69, 9.17) is 9.31 Å². The molecule has 6 nitrogen and oxygen atoms in total. The Balaban J connectivity index is 1.84. The Morgan fingerprint density at radius 2 is 1.73 bits per heavy atom. The number of ketones is 1. The lowest BCUT2D eigenvalue weighted by molar-refractivity contribution is -0.145. The van der Waals surface area contributed by atoms with E-state index in [-0.39, 0.29) is 25.2 Å². The van der Waals surface area contributed by atoms with Gasteiger partial charge in [-0.05, 0) is 19.0 Å². The fraction of sp³-hybridized carbons (Fsp3) is 0.400. The van der Waals surface area contributed by atoms with Crippen LogP contribution in [0, 0.1) is 0 Å². The molecule has 0 unspecified atom stereocenters. The SMILES string of the molecule is CN1CC(=O)OB(CC(=O)CCc2ccccc2)OC(=O)C1. The maximum Gasteiger partial charge on any atom is 0.606 e. The van der Waals surface area contributed by atoms with E-state index in [1.54, 1.807) is 7.05 Å². The first-order valence-corrected chi connectivity index (χ1v) is 7.16. The van der Waals surface area contributed by atoms with Crippen molar-refractivity contribution >= 4 is 24.8 Å². The van der Waals surface area contributed by atoms with Crippen LogP contribution in [0.2, 0.25) is 6.32 Å². The molecule has 0 amide bonds. The summed E-state index contributed by atoms with van der Waals surface area (Å²) in [4.78, 5) is 36.6. The van der Waals surface area contributed by atoms with Gasteiger partial charge in [0.2, 0.25) is 0 Å². The molecule has 1 aromatic carbocycles. The summed E-state index contributed by atoms with van der Waals surface area (Å²) in [6.07, 6.45) is 0.820. The van der Waals surface area contributed by atoms with Crippen LogP contribution in [-0.2, 0) is 30.1 Å². The summed E-state index contributed by atoms with van der Waals surface area (Å²) < 4.78 is 10.0. The minimum atomic E-state index is -1.11. The number of carbonyl (C=O) groups is 3. The zero-order chi connectivity index (χ0) is 15.9. The van der Waals surface area contributed by atoms with E-state index >= 15 is 0 Å². The minimum Gasteiger partial charge on any atom is -0.498 e. The average molecular weight is 303 g/mol. The van der Waals surface area contributed by atoms with Crippen LogP contribution in [0.4, 0.5) is 0 Å². The molecule has 1 fully saturated rings. The van der Waals surface area contributed by atoms with Crippen molar-refractivity contribution in [3.05, 3.63) is 35.9 Å². The number of likely N-dealkylation sites (N-methyl/N-ethyl adjacent to an activating group) is 1. The van der Waals surface area contributed by atoms with E-state index in [1.165, 1.54) is 4.90 Å². The molecule has 0 N–H and O–H groups in total. The highest BCUT2D eigenvalue weighted by Crippen LogP contribution is 2.09. The van der Waals surface area contributed by atoms with Crippen molar-refractivity contribution in [2.24, 2.45) is 0 Å². The van der Waals surface area contributed by atoms with Crippen molar-refractivity contribution in [2.45, 2.75) is 19.2 Å². The summed E-state index contributed by atoms with van der Waals surface area (Å²) in [5, 5.41) is 0. The van der Waals surface area contributed by atoms with Crippen LogP contribution in [0.3, 0.4) is 0 Å². The highest BCUT2D eigenvalue weighted by Gasteiger charge is 2.33. The predicted octanol–water partition coefficient (Wildman–Crippen LogP) is 0.708. The van der Waals surface area contributed by atoms with E-state index in [2.05, 4.69) is 0 Å². The van der Waals surface area contributed by atoms with Crippen LogP contribution in [0.15, 0.2) is 30.3 Å². The van der Waals surface area contributed by atoms with Gasteiger partial charge in [0.25, 0.3) is 0 Å². The van der Waals surface area contributed by atoms with E-state index in [9.17, 15) is 14.4 Å². The van der Waals surface area contributed by atoms with Gasteiger partial charge < -0.3 is 14.1 Å². The summed E-state index contributed by atoms with van der Waals surface area (Å²) in [6.45, 7) is 0.00755. The molecule has 116 valence electrons.